The molecule has 18 heavy (non-hydrogen) atoms. The van der Waals surface area contributed by atoms with Crippen molar-refractivity contribution in [2.45, 2.75) is 19.4 Å². The highest BCUT2D eigenvalue weighted by atomic mass is 19.1. The fourth-order valence-corrected chi connectivity index (χ4v) is 1.65. The first-order valence-corrected chi connectivity index (χ1v) is 5.61. The summed E-state index contributed by atoms with van der Waals surface area (Å²) in [6.45, 7) is 1.95. The standard InChI is InChI=1S/C12H13F2N3O/c1-3-10(15-2)12-17-16-11(18-12)8-6-7(13)4-5-9(8)14/h4-6,10,15H,3H2,1-2H3. The van der Waals surface area contributed by atoms with Crippen LogP contribution in [0.5, 0.6) is 0 Å². The minimum atomic E-state index is -0.593. The molecule has 1 atom stereocenters. The summed E-state index contributed by atoms with van der Waals surface area (Å²) < 4.78 is 31.9. The fraction of sp³-hybridized carbons (Fsp3) is 0.333. The van der Waals surface area contributed by atoms with Crippen molar-refractivity contribution >= 4 is 0 Å². The molecule has 0 aliphatic rings. The Labute approximate surface area is 103 Å². The molecule has 0 saturated heterocycles. The summed E-state index contributed by atoms with van der Waals surface area (Å²) in [4.78, 5) is 0. The number of hydrogen-bond acceptors (Lipinski definition) is 4. The van der Waals surface area contributed by atoms with E-state index in [-0.39, 0.29) is 17.5 Å². The van der Waals surface area contributed by atoms with Gasteiger partial charge in [-0.25, -0.2) is 8.78 Å². The molecule has 1 N–H and O–H groups in total. The molecule has 2 aromatic rings. The second kappa shape index (κ2) is 5.22. The van der Waals surface area contributed by atoms with Crippen LogP contribution in [0.15, 0.2) is 22.6 Å². The van der Waals surface area contributed by atoms with Crippen molar-refractivity contribution in [3.8, 4) is 11.5 Å². The summed E-state index contributed by atoms with van der Waals surface area (Å²) in [7, 11) is 1.76. The van der Waals surface area contributed by atoms with Gasteiger partial charge in [-0.2, -0.15) is 0 Å². The molecule has 1 heterocycles. The van der Waals surface area contributed by atoms with E-state index in [0.717, 1.165) is 24.6 Å². The summed E-state index contributed by atoms with van der Waals surface area (Å²) in [5.41, 5.74) is -0.0280. The Morgan fingerprint density at radius 2 is 2.11 bits per heavy atom. The van der Waals surface area contributed by atoms with E-state index in [0.29, 0.717) is 5.89 Å². The average molecular weight is 253 g/mol. The number of hydrogen-bond donors (Lipinski definition) is 1. The third kappa shape index (κ3) is 2.38. The van der Waals surface area contributed by atoms with Gasteiger partial charge in [0.1, 0.15) is 11.6 Å². The van der Waals surface area contributed by atoms with Crippen LogP contribution in [0.1, 0.15) is 25.3 Å². The molecule has 2 rings (SSSR count). The zero-order valence-corrected chi connectivity index (χ0v) is 10.1. The van der Waals surface area contributed by atoms with Gasteiger partial charge in [-0.05, 0) is 31.7 Å². The van der Waals surface area contributed by atoms with Crippen molar-refractivity contribution < 1.29 is 13.2 Å². The van der Waals surface area contributed by atoms with Crippen LogP contribution >= 0.6 is 0 Å². The highest BCUT2D eigenvalue weighted by molar-refractivity contribution is 5.53. The first kappa shape index (κ1) is 12.6. The van der Waals surface area contributed by atoms with E-state index in [2.05, 4.69) is 15.5 Å². The lowest BCUT2D eigenvalue weighted by Gasteiger charge is -2.07. The van der Waals surface area contributed by atoms with Gasteiger partial charge in [0.05, 0.1) is 11.6 Å². The maximum absolute atomic E-state index is 13.5. The fourth-order valence-electron chi connectivity index (χ4n) is 1.65. The van der Waals surface area contributed by atoms with Crippen LogP contribution in [0.3, 0.4) is 0 Å². The summed E-state index contributed by atoms with van der Waals surface area (Å²) in [6, 6.07) is 3.01. The molecule has 1 aromatic carbocycles. The molecular formula is C12H13F2N3O. The maximum Gasteiger partial charge on any atom is 0.250 e. The molecule has 0 aliphatic heterocycles. The van der Waals surface area contributed by atoms with E-state index >= 15 is 0 Å². The Bertz CT molecular complexity index is 538. The molecule has 0 aliphatic carbocycles. The monoisotopic (exact) mass is 253 g/mol. The molecule has 4 nitrogen and oxygen atoms in total. The predicted octanol–water partition coefficient (Wildman–Crippen LogP) is 2.69. The molecule has 1 unspecified atom stereocenters. The van der Waals surface area contributed by atoms with Gasteiger partial charge in [0.15, 0.2) is 0 Å². The second-order valence-corrected chi connectivity index (χ2v) is 3.82. The lowest BCUT2D eigenvalue weighted by Crippen LogP contribution is -2.15. The van der Waals surface area contributed by atoms with Crippen molar-refractivity contribution in [2.75, 3.05) is 7.05 Å². The molecule has 0 bridgehead atoms. The summed E-state index contributed by atoms with van der Waals surface area (Å²) in [6.07, 6.45) is 0.754. The number of halogens is 2. The quantitative estimate of drug-likeness (QED) is 0.910. The van der Waals surface area contributed by atoms with E-state index in [1.54, 1.807) is 7.05 Å². The van der Waals surface area contributed by atoms with E-state index in [1.807, 2.05) is 6.92 Å². The molecule has 0 fully saturated rings. The molecule has 0 radical (unpaired) electrons. The third-order valence-electron chi connectivity index (χ3n) is 2.65. The average Bonchev–Trinajstić information content (AvgIpc) is 2.83. The molecule has 0 amide bonds. The molecule has 96 valence electrons. The van der Waals surface area contributed by atoms with E-state index < -0.39 is 11.6 Å². The Hall–Kier alpha value is -1.82. The highest BCUT2D eigenvalue weighted by Crippen LogP contribution is 2.24. The Balaban J connectivity index is 2.37. The van der Waals surface area contributed by atoms with Crippen molar-refractivity contribution in [1.29, 1.82) is 0 Å². The van der Waals surface area contributed by atoms with Gasteiger partial charge in [-0.1, -0.05) is 6.92 Å². The minimum Gasteiger partial charge on any atom is -0.419 e. The number of benzene rings is 1. The van der Waals surface area contributed by atoms with Gasteiger partial charge in [-0.3, -0.25) is 0 Å². The lowest BCUT2D eigenvalue weighted by atomic mass is 10.2. The molecule has 0 spiro atoms. The van der Waals surface area contributed by atoms with Crippen LogP contribution in [0.4, 0.5) is 8.78 Å². The SMILES string of the molecule is CCC(NC)c1nnc(-c2cc(F)ccc2F)o1. The zero-order chi connectivity index (χ0) is 13.1. The number of nitrogens with zero attached hydrogens (tertiary/aromatic N) is 2. The minimum absolute atomic E-state index is 0.0179. The summed E-state index contributed by atoms with van der Waals surface area (Å²) in [5.74, 6) is -0.801. The maximum atomic E-state index is 13.5. The lowest BCUT2D eigenvalue weighted by molar-refractivity contribution is 0.414. The first-order chi connectivity index (χ1) is 8.65. The third-order valence-corrected chi connectivity index (χ3v) is 2.65. The van der Waals surface area contributed by atoms with Gasteiger partial charge in [0.25, 0.3) is 5.89 Å². The van der Waals surface area contributed by atoms with Crippen LogP contribution in [0, 0.1) is 11.6 Å². The van der Waals surface area contributed by atoms with Crippen molar-refractivity contribution in [1.82, 2.24) is 15.5 Å². The van der Waals surface area contributed by atoms with Crippen LogP contribution in [0.2, 0.25) is 0 Å². The number of nitrogens with one attached hydrogen (secondary N) is 1. The number of rotatable bonds is 4. The van der Waals surface area contributed by atoms with E-state index in [9.17, 15) is 8.78 Å². The van der Waals surface area contributed by atoms with Gasteiger partial charge in [0.2, 0.25) is 5.89 Å². The van der Waals surface area contributed by atoms with E-state index in [1.165, 1.54) is 0 Å². The Morgan fingerprint density at radius 1 is 1.33 bits per heavy atom. The van der Waals surface area contributed by atoms with Crippen molar-refractivity contribution in [3.63, 3.8) is 0 Å². The van der Waals surface area contributed by atoms with Crippen molar-refractivity contribution in [2.24, 2.45) is 0 Å². The summed E-state index contributed by atoms with van der Waals surface area (Å²) >= 11 is 0. The van der Waals surface area contributed by atoms with Crippen LogP contribution in [0.25, 0.3) is 11.5 Å². The molecule has 6 heteroatoms. The van der Waals surface area contributed by atoms with Crippen LogP contribution < -0.4 is 5.32 Å². The zero-order valence-electron chi connectivity index (χ0n) is 10.1. The first-order valence-electron chi connectivity index (χ1n) is 5.61. The van der Waals surface area contributed by atoms with E-state index in [4.69, 9.17) is 4.42 Å². The Kier molecular flexibility index (Phi) is 3.66. The predicted molar refractivity (Wildman–Crippen MR) is 61.7 cm³/mol. The van der Waals surface area contributed by atoms with Crippen molar-refractivity contribution in [3.05, 3.63) is 35.7 Å². The Morgan fingerprint density at radius 3 is 2.78 bits per heavy atom. The summed E-state index contributed by atoms with van der Waals surface area (Å²) in [5, 5.41) is 10.6. The largest absolute Gasteiger partial charge is 0.419 e. The normalized spacial score (nSPS) is 12.7. The molecule has 1 aromatic heterocycles. The van der Waals surface area contributed by atoms with Gasteiger partial charge < -0.3 is 9.73 Å². The van der Waals surface area contributed by atoms with Gasteiger partial charge >= 0.3 is 0 Å². The van der Waals surface area contributed by atoms with Gasteiger partial charge in [-0.15, -0.1) is 10.2 Å². The second-order valence-electron chi connectivity index (χ2n) is 3.82. The number of aromatic nitrogens is 2. The highest BCUT2D eigenvalue weighted by Gasteiger charge is 2.18. The topological polar surface area (TPSA) is 51.0 Å². The van der Waals surface area contributed by atoms with Gasteiger partial charge in [0, 0.05) is 0 Å². The van der Waals surface area contributed by atoms with Crippen LogP contribution in [-0.2, 0) is 0 Å². The molecule has 0 saturated carbocycles. The molecular weight excluding hydrogens is 240 g/mol. The smallest absolute Gasteiger partial charge is 0.250 e. The van der Waals surface area contributed by atoms with Crippen LogP contribution in [-0.4, -0.2) is 17.2 Å².